The van der Waals surface area contributed by atoms with Gasteiger partial charge >= 0.3 is 0 Å². The van der Waals surface area contributed by atoms with E-state index in [1.807, 2.05) is 55.5 Å². The van der Waals surface area contributed by atoms with Crippen LogP contribution in [0.15, 0.2) is 48.5 Å². The summed E-state index contributed by atoms with van der Waals surface area (Å²) in [5.74, 6) is 0.982. The number of hydrogen-bond acceptors (Lipinski definition) is 7. The molecule has 33 heavy (non-hydrogen) atoms. The summed E-state index contributed by atoms with van der Waals surface area (Å²) in [6.07, 6.45) is 0.667. The first-order valence-corrected chi connectivity index (χ1v) is 12.8. The Morgan fingerprint density at radius 3 is 2.61 bits per heavy atom. The fourth-order valence-corrected chi connectivity index (χ4v) is 9.41. The lowest BCUT2D eigenvalue weighted by molar-refractivity contribution is -0.165. The van der Waals surface area contributed by atoms with Crippen LogP contribution in [0.5, 0.6) is 11.5 Å². The van der Waals surface area contributed by atoms with Gasteiger partial charge in [0.15, 0.2) is 21.2 Å². The molecular weight excluding hydrogens is 458 g/mol. The van der Waals surface area contributed by atoms with E-state index in [0.717, 1.165) is 11.1 Å². The molecule has 2 aromatic rings. The predicted molar refractivity (Wildman–Crippen MR) is 124 cm³/mol. The molecule has 2 amide bonds. The molecule has 5 heterocycles. The number of rotatable bonds is 3. The molecule has 0 N–H and O–H groups in total. The van der Waals surface area contributed by atoms with Gasteiger partial charge < -0.3 is 19.3 Å². The molecule has 0 saturated carbocycles. The molecule has 3 unspecified atom stereocenters. The molecule has 1 spiro atoms. The fraction of sp³-hybridized carbons (Fsp3) is 0.375. The minimum atomic E-state index is -1.11. The molecule has 5 aliphatic rings. The van der Waals surface area contributed by atoms with Crippen molar-refractivity contribution in [2.75, 3.05) is 13.8 Å². The first-order chi connectivity index (χ1) is 15.8. The highest BCUT2D eigenvalue weighted by atomic mass is 33.1. The highest BCUT2D eigenvalue weighted by Gasteiger charge is 2.75. The first-order valence-electron chi connectivity index (χ1n) is 10.7. The molecule has 7 nitrogen and oxygen atoms in total. The van der Waals surface area contributed by atoms with Crippen LogP contribution in [0.3, 0.4) is 0 Å². The van der Waals surface area contributed by atoms with E-state index >= 15 is 0 Å². The summed E-state index contributed by atoms with van der Waals surface area (Å²) in [4.78, 5) is 29.3. The molecule has 7 rings (SSSR count). The van der Waals surface area contributed by atoms with Gasteiger partial charge in [-0.2, -0.15) is 5.26 Å². The monoisotopic (exact) mass is 479 g/mol. The minimum absolute atomic E-state index is 0.119. The van der Waals surface area contributed by atoms with Crippen LogP contribution in [-0.4, -0.2) is 45.2 Å². The summed E-state index contributed by atoms with van der Waals surface area (Å²) in [7, 11) is 4.59. The summed E-state index contributed by atoms with van der Waals surface area (Å²) < 4.78 is 11.0. The summed E-state index contributed by atoms with van der Waals surface area (Å²) >= 11 is 0. The Kier molecular flexibility index (Phi) is 4.30. The number of nitriles is 1. The van der Waals surface area contributed by atoms with E-state index in [1.54, 1.807) is 16.8 Å². The van der Waals surface area contributed by atoms with Gasteiger partial charge in [-0.3, -0.25) is 9.59 Å². The van der Waals surface area contributed by atoms with E-state index in [4.69, 9.17) is 9.47 Å². The van der Waals surface area contributed by atoms with Gasteiger partial charge in [-0.15, -0.1) is 0 Å². The second-order valence-electron chi connectivity index (χ2n) is 9.16. The number of benzene rings is 2. The van der Waals surface area contributed by atoms with Crippen molar-refractivity contribution in [2.24, 2.45) is 5.41 Å². The van der Waals surface area contributed by atoms with Crippen LogP contribution in [-0.2, 0) is 16.0 Å². The van der Waals surface area contributed by atoms with Crippen molar-refractivity contribution >= 4 is 33.4 Å². The zero-order valence-electron chi connectivity index (χ0n) is 18.1. The number of ether oxygens (including phenoxy) is 2. The van der Waals surface area contributed by atoms with E-state index in [2.05, 4.69) is 6.07 Å². The standard InChI is InChI=1S/C24H21N3O4S2/c1-22(13-25)12-24-20(28)26(2)23(32-33-24,11-15-6-4-3-5-7-15)21(29)27(24)19(22)16-8-9-17-18(10-16)31-14-30-17/h3-10,19H,11-12,14H2,1-2H3/t19?,22-,23?,24?/m1/s1. The lowest BCUT2D eigenvalue weighted by atomic mass is 9.79. The smallest absolute Gasteiger partial charge is 0.262 e. The third-order valence-corrected chi connectivity index (χ3v) is 10.8. The van der Waals surface area contributed by atoms with Gasteiger partial charge in [0.05, 0.1) is 17.5 Å². The maximum Gasteiger partial charge on any atom is 0.262 e. The molecule has 4 atom stereocenters. The van der Waals surface area contributed by atoms with Gasteiger partial charge in [-0.05, 0) is 30.2 Å². The summed E-state index contributed by atoms with van der Waals surface area (Å²) in [5, 5.41) is 10.3. The SMILES string of the molecule is CN1C(=O)C23C[C@](C)(C#N)C(c4ccc5c(c4)OCO5)N2C(=O)C1(Cc1ccccc1)SS3. The average molecular weight is 480 g/mol. The van der Waals surface area contributed by atoms with Crippen molar-refractivity contribution < 1.29 is 19.1 Å². The number of fused-ring (bicyclic) bond motifs is 3. The summed E-state index contributed by atoms with van der Waals surface area (Å²) in [5.41, 5.74) is 0.812. The first kappa shape index (κ1) is 20.8. The van der Waals surface area contributed by atoms with Crippen molar-refractivity contribution in [2.45, 2.75) is 35.5 Å². The molecule has 4 saturated heterocycles. The molecule has 2 aromatic carbocycles. The van der Waals surface area contributed by atoms with Gasteiger partial charge in [0, 0.05) is 19.9 Å². The van der Waals surface area contributed by atoms with Crippen molar-refractivity contribution in [3.63, 3.8) is 0 Å². The fourth-order valence-electron chi connectivity index (χ4n) is 5.52. The second-order valence-corrected chi connectivity index (χ2v) is 11.8. The van der Waals surface area contributed by atoms with Crippen molar-refractivity contribution in [1.29, 1.82) is 5.26 Å². The lowest BCUT2D eigenvalue weighted by Crippen LogP contribution is -2.75. The Morgan fingerprint density at radius 1 is 1.09 bits per heavy atom. The Hall–Kier alpha value is -2.83. The molecule has 168 valence electrons. The molecule has 0 aliphatic carbocycles. The van der Waals surface area contributed by atoms with Gasteiger partial charge in [0.25, 0.3) is 11.8 Å². The molecule has 4 fully saturated rings. The third kappa shape index (κ3) is 2.59. The Balaban J connectivity index is 1.50. The molecule has 9 heteroatoms. The summed E-state index contributed by atoms with van der Waals surface area (Å²) in [6.45, 7) is 1.99. The Labute approximate surface area is 199 Å². The lowest BCUT2D eigenvalue weighted by Gasteiger charge is -2.58. The predicted octanol–water partition coefficient (Wildman–Crippen LogP) is 3.72. The molecule has 2 bridgehead atoms. The molecular formula is C24H21N3O4S2. The quantitative estimate of drug-likeness (QED) is 0.621. The molecule has 5 aliphatic heterocycles. The third-order valence-electron chi connectivity index (χ3n) is 7.16. The second kappa shape index (κ2) is 6.84. The zero-order valence-corrected chi connectivity index (χ0v) is 19.7. The minimum Gasteiger partial charge on any atom is -0.454 e. The van der Waals surface area contributed by atoms with Crippen molar-refractivity contribution in [3.05, 3.63) is 59.7 Å². The van der Waals surface area contributed by atoms with Gasteiger partial charge in [0.2, 0.25) is 6.79 Å². The van der Waals surface area contributed by atoms with Crippen molar-refractivity contribution in [1.82, 2.24) is 9.80 Å². The van der Waals surface area contributed by atoms with E-state index in [9.17, 15) is 14.9 Å². The normalized spacial score (nSPS) is 33.9. The number of hydrogen-bond donors (Lipinski definition) is 0. The van der Waals surface area contributed by atoms with Crippen LogP contribution < -0.4 is 9.47 Å². The van der Waals surface area contributed by atoms with Crippen LogP contribution >= 0.6 is 21.6 Å². The molecule has 0 aromatic heterocycles. The number of carbonyl (C=O) groups excluding carboxylic acids is 2. The number of nitrogens with zero attached hydrogens (tertiary/aromatic N) is 3. The number of piperazine rings is 1. The number of carbonyl (C=O) groups is 2. The zero-order chi connectivity index (χ0) is 23.0. The Morgan fingerprint density at radius 2 is 1.85 bits per heavy atom. The van der Waals surface area contributed by atoms with Crippen LogP contribution in [0.2, 0.25) is 0 Å². The van der Waals surface area contributed by atoms with Crippen LogP contribution in [0.25, 0.3) is 0 Å². The van der Waals surface area contributed by atoms with Gasteiger partial charge in [-0.25, -0.2) is 0 Å². The summed E-state index contributed by atoms with van der Waals surface area (Å²) in [6, 6.07) is 17.1. The van der Waals surface area contributed by atoms with Gasteiger partial charge in [-0.1, -0.05) is 58.0 Å². The number of likely N-dealkylation sites (N-methyl/N-ethyl adjacent to an activating group) is 1. The Bertz CT molecular complexity index is 1230. The van der Waals surface area contributed by atoms with Gasteiger partial charge in [0.1, 0.15) is 0 Å². The van der Waals surface area contributed by atoms with Crippen LogP contribution in [0.4, 0.5) is 0 Å². The van der Waals surface area contributed by atoms with Crippen LogP contribution in [0, 0.1) is 16.7 Å². The number of amides is 2. The van der Waals surface area contributed by atoms with E-state index in [-0.39, 0.29) is 25.0 Å². The maximum absolute atomic E-state index is 14.3. The average Bonchev–Trinajstić information content (AvgIpc) is 3.40. The van der Waals surface area contributed by atoms with Crippen molar-refractivity contribution in [3.8, 4) is 17.6 Å². The maximum atomic E-state index is 14.3. The van der Waals surface area contributed by atoms with E-state index in [0.29, 0.717) is 17.9 Å². The van der Waals surface area contributed by atoms with Crippen LogP contribution in [0.1, 0.15) is 30.5 Å². The topological polar surface area (TPSA) is 82.9 Å². The van der Waals surface area contributed by atoms with E-state index < -0.39 is 21.2 Å². The van der Waals surface area contributed by atoms with E-state index in [1.165, 1.54) is 21.6 Å². The molecule has 0 radical (unpaired) electrons. The highest BCUT2D eigenvalue weighted by Crippen LogP contribution is 2.70. The largest absolute Gasteiger partial charge is 0.454 e. The highest BCUT2D eigenvalue weighted by molar-refractivity contribution is 8.78.